The fraction of sp³-hybridized carbons (Fsp3) is 0.133. The lowest BCUT2D eigenvalue weighted by molar-refractivity contribution is -0.0579. The maximum Gasteiger partial charge on any atom is 0.433 e. The lowest BCUT2D eigenvalue weighted by Gasteiger charge is -2.11. The molecule has 0 spiro atoms. The van der Waals surface area contributed by atoms with Gasteiger partial charge in [0.1, 0.15) is 23.5 Å². The van der Waals surface area contributed by atoms with Gasteiger partial charge in [0, 0.05) is 17.4 Å². The van der Waals surface area contributed by atoms with Crippen molar-refractivity contribution in [3.8, 4) is 0 Å². The number of aliphatic imine (C=N–C) groups is 1. The summed E-state index contributed by atoms with van der Waals surface area (Å²) >= 11 is 0. The molecular formula is C15H10F3N5. The van der Waals surface area contributed by atoms with Crippen molar-refractivity contribution in [3.05, 3.63) is 47.9 Å². The van der Waals surface area contributed by atoms with Crippen LogP contribution in [0.2, 0.25) is 0 Å². The first-order valence-corrected chi connectivity index (χ1v) is 6.82. The highest BCUT2D eigenvalue weighted by Gasteiger charge is 2.39. The molecule has 0 saturated heterocycles. The van der Waals surface area contributed by atoms with Crippen LogP contribution in [0.1, 0.15) is 11.1 Å². The Morgan fingerprint density at radius 2 is 2.00 bits per heavy atom. The summed E-state index contributed by atoms with van der Waals surface area (Å²) in [6.45, 7) is 0.0556. The van der Waals surface area contributed by atoms with E-state index in [2.05, 4.69) is 25.3 Å². The Bertz CT molecular complexity index is 926. The molecule has 0 fully saturated rings. The fourth-order valence-electron chi connectivity index (χ4n) is 2.61. The quantitative estimate of drug-likeness (QED) is 0.759. The third kappa shape index (κ3) is 2.32. The Hall–Kier alpha value is -2.90. The number of rotatable bonds is 2. The maximum atomic E-state index is 13.0. The molecule has 3 aromatic rings. The van der Waals surface area contributed by atoms with Crippen LogP contribution in [0.3, 0.4) is 0 Å². The van der Waals surface area contributed by atoms with E-state index < -0.39 is 11.9 Å². The van der Waals surface area contributed by atoms with E-state index >= 15 is 0 Å². The third-order valence-electron chi connectivity index (χ3n) is 3.66. The Labute approximate surface area is 128 Å². The van der Waals surface area contributed by atoms with Gasteiger partial charge in [-0.05, 0) is 23.8 Å². The van der Waals surface area contributed by atoms with Crippen LogP contribution >= 0.6 is 0 Å². The number of hydrogen-bond acceptors (Lipinski definition) is 4. The number of hydrogen-bond donors (Lipinski definition) is 2. The number of halogens is 3. The van der Waals surface area contributed by atoms with Crippen LogP contribution in [-0.4, -0.2) is 26.8 Å². The molecule has 116 valence electrons. The molecule has 4 rings (SSSR count). The minimum absolute atomic E-state index is 0.0556. The minimum atomic E-state index is -4.45. The van der Waals surface area contributed by atoms with E-state index in [9.17, 15) is 13.2 Å². The summed E-state index contributed by atoms with van der Waals surface area (Å²) in [4.78, 5) is 14.8. The van der Waals surface area contributed by atoms with Crippen LogP contribution in [0, 0.1) is 0 Å². The molecule has 23 heavy (non-hydrogen) atoms. The molecule has 0 saturated carbocycles. The first-order valence-electron chi connectivity index (χ1n) is 6.82. The van der Waals surface area contributed by atoms with E-state index in [-0.39, 0.29) is 12.1 Å². The molecule has 5 nitrogen and oxygen atoms in total. The molecule has 0 bridgehead atoms. The monoisotopic (exact) mass is 317 g/mol. The second-order valence-corrected chi connectivity index (χ2v) is 5.12. The van der Waals surface area contributed by atoms with E-state index in [1.165, 1.54) is 12.4 Å². The minimum Gasteiger partial charge on any atom is -0.346 e. The zero-order valence-corrected chi connectivity index (χ0v) is 11.6. The Morgan fingerprint density at radius 3 is 2.83 bits per heavy atom. The zero-order valence-electron chi connectivity index (χ0n) is 11.6. The molecule has 2 N–H and O–H groups in total. The maximum absolute atomic E-state index is 13.0. The molecule has 0 atom stereocenters. The molecule has 1 aliphatic heterocycles. The van der Waals surface area contributed by atoms with E-state index in [4.69, 9.17) is 0 Å². The average Bonchev–Trinajstić information content (AvgIpc) is 3.13. The summed E-state index contributed by atoms with van der Waals surface area (Å²) < 4.78 is 39.0. The number of anilines is 2. The topological polar surface area (TPSA) is 66.0 Å². The van der Waals surface area contributed by atoms with E-state index in [1.807, 2.05) is 0 Å². The van der Waals surface area contributed by atoms with E-state index in [0.29, 0.717) is 22.7 Å². The summed E-state index contributed by atoms with van der Waals surface area (Å²) in [5, 5.41) is 3.80. The number of fused-ring (bicyclic) bond motifs is 2. The number of nitrogens with zero attached hydrogens (tertiary/aromatic N) is 3. The van der Waals surface area contributed by atoms with Gasteiger partial charge in [0.25, 0.3) is 0 Å². The number of alkyl halides is 3. The van der Waals surface area contributed by atoms with Gasteiger partial charge in [-0.25, -0.2) is 9.97 Å². The second kappa shape index (κ2) is 4.80. The molecule has 1 aromatic carbocycles. The van der Waals surface area contributed by atoms with Crippen molar-refractivity contribution in [2.75, 3.05) is 5.32 Å². The first-order chi connectivity index (χ1) is 11.0. The van der Waals surface area contributed by atoms with Crippen molar-refractivity contribution in [2.24, 2.45) is 4.99 Å². The van der Waals surface area contributed by atoms with Gasteiger partial charge < -0.3 is 10.3 Å². The Balaban J connectivity index is 1.72. The number of benzene rings is 1. The van der Waals surface area contributed by atoms with Gasteiger partial charge in [-0.1, -0.05) is 6.07 Å². The van der Waals surface area contributed by atoms with Crippen LogP contribution in [0.25, 0.3) is 11.0 Å². The van der Waals surface area contributed by atoms with Gasteiger partial charge in [-0.15, -0.1) is 0 Å². The molecule has 1 aliphatic rings. The van der Waals surface area contributed by atoms with Crippen LogP contribution in [0.15, 0.2) is 41.8 Å². The van der Waals surface area contributed by atoms with Gasteiger partial charge in [0.2, 0.25) is 0 Å². The molecule has 0 aliphatic carbocycles. The van der Waals surface area contributed by atoms with Crippen molar-refractivity contribution in [3.63, 3.8) is 0 Å². The van der Waals surface area contributed by atoms with Crippen LogP contribution in [0.4, 0.5) is 24.7 Å². The molecule has 0 unspecified atom stereocenters. The number of H-pyrrole nitrogens is 1. The summed E-state index contributed by atoms with van der Waals surface area (Å²) in [7, 11) is 0. The largest absolute Gasteiger partial charge is 0.433 e. The van der Waals surface area contributed by atoms with Crippen molar-refractivity contribution < 1.29 is 13.2 Å². The Kier molecular flexibility index (Phi) is 2.87. The molecule has 2 aromatic heterocycles. The van der Waals surface area contributed by atoms with Crippen LogP contribution < -0.4 is 5.32 Å². The van der Waals surface area contributed by atoms with Crippen molar-refractivity contribution in [2.45, 2.75) is 12.7 Å². The predicted molar refractivity (Wildman–Crippen MR) is 79.9 cm³/mol. The summed E-state index contributed by atoms with van der Waals surface area (Å²) in [5.41, 5.74) is 1.02. The smallest absolute Gasteiger partial charge is 0.346 e. The van der Waals surface area contributed by atoms with Gasteiger partial charge in [0.05, 0.1) is 11.9 Å². The SMILES string of the molecule is FC(F)(F)C1=NCc2ccc(Nc3ncnc4[nH]ccc34)cc21. The summed E-state index contributed by atoms with van der Waals surface area (Å²) in [5.74, 6) is 0.527. The van der Waals surface area contributed by atoms with Crippen molar-refractivity contribution >= 4 is 28.3 Å². The standard InChI is InChI=1S/C15H10F3N5/c16-15(17,18)12-11-5-9(2-1-8(11)6-20-12)23-14-10-3-4-19-13(10)21-7-22-14/h1-5,7H,6H2,(H2,19,21,22,23). The van der Waals surface area contributed by atoms with E-state index in [0.717, 1.165) is 5.39 Å². The highest BCUT2D eigenvalue weighted by molar-refractivity contribution is 6.08. The van der Waals surface area contributed by atoms with Crippen molar-refractivity contribution in [1.29, 1.82) is 0 Å². The van der Waals surface area contributed by atoms with E-state index in [1.54, 1.807) is 24.4 Å². The molecular weight excluding hydrogens is 307 g/mol. The summed E-state index contributed by atoms with van der Waals surface area (Å²) in [6, 6.07) is 6.62. The zero-order chi connectivity index (χ0) is 16.0. The molecule has 0 amide bonds. The van der Waals surface area contributed by atoms with Crippen LogP contribution in [-0.2, 0) is 6.54 Å². The molecule has 8 heteroatoms. The normalized spacial score (nSPS) is 14.0. The second-order valence-electron chi connectivity index (χ2n) is 5.12. The number of aromatic nitrogens is 3. The number of nitrogens with one attached hydrogen (secondary N) is 2. The number of aromatic amines is 1. The van der Waals surface area contributed by atoms with Crippen molar-refractivity contribution in [1.82, 2.24) is 15.0 Å². The van der Waals surface area contributed by atoms with Gasteiger partial charge >= 0.3 is 6.18 Å². The molecule has 0 radical (unpaired) electrons. The van der Waals surface area contributed by atoms with Gasteiger partial charge in [-0.2, -0.15) is 13.2 Å². The average molecular weight is 317 g/mol. The predicted octanol–water partition coefficient (Wildman–Crippen LogP) is 3.57. The highest BCUT2D eigenvalue weighted by atomic mass is 19.4. The lowest BCUT2D eigenvalue weighted by atomic mass is 10.0. The first kappa shape index (κ1) is 13.7. The molecule has 3 heterocycles. The fourth-order valence-corrected chi connectivity index (χ4v) is 2.61. The third-order valence-corrected chi connectivity index (χ3v) is 3.66. The van der Waals surface area contributed by atoms with Gasteiger partial charge in [-0.3, -0.25) is 4.99 Å². The summed E-state index contributed by atoms with van der Waals surface area (Å²) in [6.07, 6.45) is -1.34. The lowest BCUT2D eigenvalue weighted by Crippen LogP contribution is -2.22. The van der Waals surface area contributed by atoms with Crippen LogP contribution in [0.5, 0.6) is 0 Å². The highest BCUT2D eigenvalue weighted by Crippen LogP contribution is 2.32. The van der Waals surface area contributed by atoms with Gasteiger partial charge in [0.15, 0.2) is 0 Å². The Morgan fingerprint density at radius 1 is 1.13 bits per heavy atom.